The van der Waals surface area contributed by atoms with Crippen molar-refractivity contribution in [3.05, 3.63) is 53.1 Å². The highest BCUT2D eigenvalue weighted by Crippen LogP contribution is 2.49. The van der Waals surface area contributed by atoms with E-state index in [1.165, 1.54) is 0 Å². The lowest BCUT2D eigenvalue weighted by Crippen LogP contribution is -2.56. The van der Waals surface area contributed by atoms with Gasteiger partial charge in [0.25, 0.3) is 5.91 Å². The van der Waals surface area contributed by atoms with Crippen molar-refractivity contribution in [2.45, 2.75) is 37.9 Å². The average molecular weight is 368 g/mol. The SMILES string of the molecule is CN(C)C(=O)c1ccc(CN2CCn3c(cnc3C(=O)O)C23CCC3)cc1. The van der Waals surface area contributed by atoms with E-state index < -0.39 is 5.97 Å². The normalized spacial score (nSPS) is 18.0. The molecule has 1 amide bonds. The van der Waals surface area contributed by atoms with Gasteiger partial charge < -0.3 is 14.6 Å². The number of aromatic nitrogens is 2. The average Bonchev–Trinajstić information content (AvgIpc) is 3.04. The molecule has 0 saturated heterocycles. The molecule has 1 aromatic heterocycles. The molecule has 1 aromatic carbocycles. The van der Waals surface area contributed by atoms with E-state index in [4.69, 9.17) is 0 Å². The smallest absolute Gasteiger partial charge is 0.372 e. The summed E-state index contributed by atoms with van der Waals surface area (Å²) >= 11 is 0. The maximum Gasteiger partial charge on any atom is 0.372 e. The van der Waals surface area contributed by atoms with Gasteiger partial charge in [-0.25, -0.2) is 9.78 Å². The minimum absolute atomic E-state index is 0.0000810. The number of imidazole rings is 1. The van der Waals surface area contributed by atoms with Gasteiger partial charge >= 0.3 is 5.97 Å². The van der Waals surface area contributed by atoms with Crippen LogP contribution in [0.5, 0.6) is 0 Å². The number of fused-ring (bicyclic) bond motifs is 2. The number of nitrogens with zero attached hydrogens (tertiary/aromatic N) is 4. The third kappa shape index (κ3) is 2.82. The van der Waals surface area contributed by atoms with Gasteiger partial charge in [0.15, 0.2) is 0 Å². The minimum atomic E-state index is -0.967. The molecule has 0 bridgehead atoms. The molecule has 27 heavy (non-hydrogen) atoms. The van der Waals surface area contributed by atoms with Gasteiger partial charge in [-0.2, -0.15) is 0 Å². The van der Waals surface area contributed by atoms with E-state index in [-0.39, 0.29) is 17.3 Å². The van der Waals surface area contributed by atoms with Crippen LogP contribution in [-0.2, 0) is 18.6 Å². The summed E-state index contributed by atoms with van der Waals surface area (Å²) in [4.78, 5) is 31.7. The van der Waals surface area contributed by atoms with Crippen molar-refractivity contribution in [1.29, 1.82) is 0 Å². The molecule has 0 radical (unpaired) electrons. The summed E-state index contributed by atoms with van der Waals surface area (Å²) in [6.07, 6.45) is 4.93. The summed E-state index contributed by atoms with van der Waals surface area (Å²) in [5.41, 5.74) is 2.75. The summed E-state index contributed by atoms with van der Waals surface area (Å²) in [5.74, 6) is -0.826. The minimum Gasteiger partial charge on any atom is -0.475 e. The van der Waals surface area contributed by atoms with Gasteiger partial charge in [-0.3, -0.25) is 9.69 Å². The molecule has 1 aliphatic carbocycles. The largest absolute Gasteiger partial charge is 0.475 e. The molecule has 7 heteroatoms. The molecule has 2 aromatic rings. The fourth-order valence-corrected chi connectivity index (χ4v) is 4.29. The third-order valence-electron chi connectivity index (χ3n) is 5.88. The third-order valence-corrected chi connectivity index (χ3v) is 5.88. The number of hydrogen-bond acceptors (Lipinski definition) is 4. The van der Waals surface area contributed by atoms with Crippen molar-refractivity contribution in [1.82, 2.24) is 19.4 Å². The second kappa shape index (κ2) is 6.49. The number of benzene rings is 1. The van der Waals surface area contributed by atoms with E-state index in [0.29, 0.717) is 12.1 Å². The van der Waals surface area contributed by atoms with E-state index in [9.17, 15) is 14.7 Å². The van der Waals surface area contributed by atoms with Crippen LogP contribution in [0.25, 0.3) is 0 Å². The first-order chi connectivity index (χ1) is 12.9. The van der Waals surface area contributed by atoms with Crippen LogP contribution in [0.1, 0.15) is 51.5 Å². The monoisotopic (exact) mass is 368 g/mol. The van der Waals surface area contributed by atoms with Gasteiger partial charge in [0.2, 0.25) is 5.82 Å². The summed E-state index contributed by atoms with van der Waals surface area (Å²) < 4.78 is 1.87. The number of carbonyl (C=O) groups excluding carboxylic acids is 1. The maximum absolute atomic E-state index is 12.1. The number of rotatable bonds is 4. The van der Waals surface area contributed by atoms with Crippen molar-refractivity contribution >= 4 is 11.9 Å². The van der Waals surface area contributed by atoms with Crippen LogP contribution in [0.3, 0.4) is 0 Å². The lowest BCUT2D eigenvalue weighted by molar-refractivity contribution is -0.0219. The highest BCUT2D eigenvalue weighted by molar-refractivity contribution is 5.93. The van der Waals surface area contributed by atoms with E-state index in [1.807, 2.05) is 28.8 Å². The Morgan fingerprint density at radius 3 is 2.44 bits per heavy atom. The summed E-state index contributed by atoms with van der Waals surface area (Å²) in [6, 6.07) is 7.78. The second-order valence-electron chi connectivity index (χ2n) is 7.63. The number of amides is 1. The Labute approximate surface area is 158 Å². The van der Waals surface area contributed by atoms with E-state index >= 15 is 0 Å². The van der Waals surface area contributed by atoms with Gasteiger partial charge in [-0.05, 0) is 37.0 Å². The molecule has 142 valence electrons. The van der Waals surface area contributed by atoms with Crippen LogP contribution < -0.4 is 0 Å². The molecule has 1 N–H and O–H groups in total. The van der Waals surface area contributed by atoms with Crippen LogP contribution in [0.15, 0.2) is 30.5 Å². The first-order valence-electron chi connectivity index (χ1n) is 9.27. The first kappa shape index (κ1) is 17.7. The molecule has 1 saturated carbocycles. The molecule has 1 fully saturated rings. The summed E-state index contributed by atoms with van der Waals surface area (Å²) in [6.45, 7) is 2.21. The zero-order chi connectivity index (χ0) is 19.2. The second-order valence-corrected chi connectivity index (χ2v) is 7.63. The maximum atomic E-state index is 12.1. The van der Waals surface area contributed by atoms with Crippen LogP contribution in [0.2, 0.25) is 0 Å². The molecule has 0 unspecified atom stereocenters. The predicted octanol–water partition coefficient (Wildman–Crippen LogP) is 2.18. The fraction of sp³-hybridized carbons (Fsp3) is 0.450. The number of carboxylic acid groups (broad SMARTS) is 1. The zero-order valence-electron chi connectivity index (χ0n) is 15.7. The first-order valence-corrected chi connectivity index (χ1v) is 9.27. The Kier molecular flexibility index (Phi) is 4.26. The lowest BCUT2D eigenvalue weighted by Gasteiger charge is -2.53. The van der Waals surface area contributed by atoms with Gasteiger partial charge in [-0.1, -0.05) is 12.1 Å². The summed E-state index contributed by atoms with van der Waals surface area (Å²) in [7, 11) is 3.50. The Morgan fingerprint density at radius 2 is 1.89 bits per heavy atom. The van der Waals surface area contributed by atoms with Crippen LogP contribution in [0, 0.1) is 0 Å². The predicted molar refractivity (Wildman–Crippen MR) is 99.6 cm³/mol. The summed E-state index contributed by atoms with van der Waals surface area (Å²) in [5, 5.41) is 9.37. The molecule has 2 aliphatic rings. The quantitative estimate of drug-likeness (QED) is 0.895. The molecule has 2 heterocycles. The van der Waals surface area contributed by atoms with Crippen molar-refractivity contribution in [2.75, 3.05) is 20.6 Å². The number of carboxylic acids is 1. The van der Waals surface area contributed by atoms with Crippen molar-refractivity contribution in [3.8, 4) is 0 Å². The van der Waals surface area contributed by atoms with E-state index in [1.54, 1.807) is 25.2 Å². The number of hydrogen-bond donors (Lipinski definition) is 1. The standard InChI is InChI=1S/C20H24N4O3/c1-22(2)18(25)15-6-4-14(5-7-15)13-23-10-11-24-16(20(23)8-3-9-20)12-21-17(24)19(26)27/h4-7,12H,3,8-11,13H2,1-2H3,(H,26,27). The van der Waals surface area contributed by atoms with Gasteiger partial charge in [0, 0.05) is 39.3 Å². The van der Waals surface area contributed by atoms with E-state index in [0.717, 1.165) is 43.6 Å². The van der Waals surface area contributed by atoms with Gasteiger partial charge in [0.1, 0.15) is 0 Å². The molecule has 7 nitrogen and oxygen atoms in total. The van der Waals surface area contributed by atoms with Crippen molar-refractivity contribution < 1.29 is 14.7 Å². The van der Waals surface area contributed by atoms with Crippen LogP contribution in [0.4, 0.5) is 0 Å². The fourth-order valence-electron chi connectivity index (χ4n) is 4.29. The molecular weight excluding hydrogens is 344 g/mol. The van der Waals surface area contributed by atoms with Crippen LogP contribution in [-0.4, -0.2) is 57.0 Å². The van der Waals surface area contributed by atoms with Gasteiger partial charge in [0.05, 0.1) is 17.4 Å². The zero-order valence-corrected chi connectivity index (χ0v) is 15.7. The number of carbonyl (C=O) groups is 2. The molecule has 1 aliphatic heterocycles. The highest BCUT2D eigenvalue weighted by Gasteiger charge is 2.48. The molecule has 4 rings (SSSR count). The Bertz CT molecular complexity index is 881. The van der Waals surface area contributed by atoms with Crippen molar-refractivity contribution in [2.24, 2.45) is 0 Å². The van der Waals surface area contributed by atoms with E-state index in [2.05, 4.69) is 9.88 Å². The molecule has 1 spiro atoms. The lowest BCUT2D eigenvalue weighted by atomic mass is 9.72. The molecular formula is C20H24N4O3. The van der Waals surface area contributed by atoms with Crippen molar-refractivity contribution in [3.63, 3.8) is 0 Å². The number of aromatic carboxylic acids is 1. The highest BCUT2D eigenvalue weighted by atomic mass is 16.4. The Hall–Kier alpha value is -2.67. The Balaban J connectivity index is 1.58. The van der Waals surface area contributed by atoms with Gasteiger partial charge in [-0.15, -0.1) is 0 Å². The molecule has 0 atom stereocenters. The topological polar surface area (TPSA) is 78.7 Å². The van der Waals surface area contributed by atoms with Crippen LogP contribution >= 0.6 is 0 Å². The Morgan fingerprint density at radius 1 is 1.19 bits per heavy atom.